The molecule has 3 rings (SSSR count). The van der Waals surface area contributed by atoms with Gasteiger partial charge in [0.2, 0.25) is 0 Å². The van der Waals surface area contributed by atoms with Crippen LogP contribution in [0.15, 0.2) is 88.7 Å². The molecular formula is C22H22NO8S2-. The SMILES string of the molecule is O=S(=O)(CCOc1ccc(N([O-])O)cc1OCCS(=O)(=O)c1ccccc1)c1ccccc1. The normalized spacial score (nSPS) is 11.7. The highest BCUT2D eigenvalue weighted by Crippen LogP contribution is 2.32. The molecule has 0 aliphatic rings. The Bertz CT molecular complexity index is 1260. The zero-order chi connectivity index (χ0) is 23.9. The molecule has 3 aromatic carbocycles. The second kappa shape index (κ2) is 10.7. The van der Waals surface area contributed by atoms with Gasteiger partial charge in [-0.2, -0.15) is 0 Å². The van der Waals surface area contributed by atoms with E-state index in [1.54, 1.807) is 36.4 Å². The zero-order valence-electron chi connectivity index (χ0n) is 17.4. The topological polar surface area (TPSA) is 133 Å². The second-order valence-electron chi connectivity index (χ2n) is 6.86. The Hall–Kier alpha value is -3.12. The van der Waals surface area contributed by atoms with Gasteiger partial charge in [0.25, 0.3) is 0 Å². The largest absolute Gasteiger partial charge is 0.733 e. The third-order valence-corrected chi connectivity index (χ3v) is 7.96. The van der Waals surface area contributed by atoms with E-state index in [9.17, 15) is 22.0 Å². The number of hydrogen-bond donors (Lipinski definition) is 1. The summed E-state index contributed by atoms with van der Waals surface area (Å²) < 4.78 is 60.7. The highest BCUT2D eigenvalue weighted by Gasteiger charge is 2.17. The van der Waals surface area contributed by atoms with Gasteiger partial charge in [0, 0.05) is 6.07 Å². The van der Waals surface area contributed by atoms with Crippen molar-refractivity contribution in [2.45, 2.75) is 9.79 Å². The van der Waals surface area contributed by atoms with Crippen molar-refractivity contribution in [1.29, 1.82) is 0 Å². The van der Waals surface area contributed by atoms with Crippen molar-refractivity contribution < 1.29 is 31.5 Å². The van der Waals surface area contributed by atoms with Gasteiger partial charge in [-0.05, 0) is 36.4 Å². The number of rotatable bonds is 11. The maximum Gasteiger partial charge on any atom is 0.181 e. The fourth-order valence-corrected chi connectivity index (χ4v) is 5.08. The molecule has 0 saturated heterocycles. The van der Waals surface area contributed by atoms with Crippen LogP contribution < -0.4 is 14.7 Å². The molecular weight excluding hydrogens is 470 g/mol. The maximum absolute atomic E-state index is 12.4. The van der Waals surface area contributed by atoms with Crippen molar-refractivity contribution in [3.8, 4) is 11.5 Å². The van der Waals surface area contributed by atoms with Crippen LogP contribution in [0.3, 0.4) is 0 Å². The summed E-state index contributed by atoms with van der Waals surface area (Å²) >= 11 is 0. The Labute approximate surface area is 192 Å². The molecule has 0 heterocycles. The van der Waals surface area contributed by atoms with Crippen LogP contribution in [0.1, 0.15) is 0 Å². The van der Waals surface area contributed by atoms with Crippen LogP contribution in [0.2, 0.25) is 0 Å². The van der Waals surface area contributed by atoms with E-state index in [-0.39, 0.29) is 56.9 Å². The standard InChI is InChI=1S/C22H22NO8S2/c24-23(25)18-11-12-21(30-13-15-32(26,27)19-7-3-1-4-8-19)22(17-18)31-14-16-33(28,29)20-9-5-2-6-10-20/h1-12,17,24H,13-16H2/q-1. The molecule has 0 aromatic heterocycles. The van der Waals surface area contributed by atoms with E-state index in [1.807, 2.05) is 0 Å². The Morgan fingerprint density at radius 3 is 1.61 bits per heavy atom. The van der Waals surface area contributed by atoms with Gasteiger partial charge in [-0.3, -0.25) is 5.21 Å². The number of benzene rings is 3. The second-order valence-corrected chi connectivity index (χ2v) is 11.1. The van der Waals surface area contributed by atoms with Crippen molar-refractivity contribution in [3.05, 3.63) is 84.1 Å². The molecule has 33 heavy (non-hydrogen) atoms. The minimum atomic E-state index is -3.60. The monoisotopic (exact) mass is 492 g/mol. The number of nitrogens with zero attached hydrogens (tertiary/aromatic N) is 1. The van der Waals surface area contributed by atoms with E-state index < -0.39 is 19.7 Å². The van der Waals surface area contributed by atoms with Crippen LogP contribution in [0.25, 0.3) is 0 Å². The van der Waals surface area contributed by atoms with Gasteiger partial charge in [0.1, 0.15) is 13.2 Å². The van der Waals surface area contributed by atoms with Crippen molar-refractivity contribution in [2.24, 2.45) is 0 Å². The first-order valence-electron chi connectivity index (χ1n) is 9.80. The zero-order valence-corrected chi connectivity index (χ0v) is 19.0. The number of hydrogen-bond acceptors (Lipinski definition) is 9. The predicted octanol–water partition coefficient (Wildman–Crippen LogP) is 3.09. The summed E-state index contributed by atoms with van der Waals surface area (Å²) in [5, 5.41) is 20.0. The first-order valence-corrected chi connectivity index (χ1v) is 13.1. The van der Waals surface area contributed by atoms with E-state index in [2.05, 4.69) is 0 Å². The Morgan fingerprint density at radius 2 is 1.15 bits per heavy atom. The Kier molecular flexibility index (Phi) is 7.92. The van der Waals surface area contributed by atoms with Crippen molar-refractivity contribution in [2.75, 3.05) is 29.9 Å². The number of anilines is 1. The molecule has 0 saturated carbocycles. The summed E-state index contributed by atoms with van der Waals surface area (Å²) in [5.41, 5.74) is -0.167. The third-order valence-electron chi connectivity index (χ3n) is 4.57. The maximum atomic E-state index is 12.4. The first-order chi connectivity index (χ1) is 15.7. The fraction of sp³-hybridized carbons (Fsp3) is 0.182. The molecule has 3 aromatic rings. The average molecular weight is 493 g/mol. The quantitative estimate of drug-likeness (QED) is 0.401. The molecule has 0 spiro atoms. The van der Waals surface area contributed by atoms with Crippen LogP contribution in [0.4, 0.5) is 5.69 Å². The lowest BCUT2D eigenvalue weighted by Gasteiger charge is -2.23. The average Bonchev–Trinajstić information content (AvgIpc) is 2.80. The summed E-state index contributed by atoms with van der Waals surface area (Å²) in [7, 11) is -7.18. The molecule has 11 heteroatoms. The molecule has 0 radical (unpaired) electrons. The van der Waals surface area contributed by atoms with E-state index in [0.717, 1.165) is 0 Å². The molecule has 0 aliphatic heterocycles. The summed E-state index contributed by atoms with van der Waals surface area (Å²) in [6.45, 7) is -0.473. The molecule has 9 nitrogen and oxygen atoms in total. The third kappa shape index (κ3) is 6.68. The van der Waals surface area contributed by atoms with E-state index in [1.165, 1.54) is 42.5 Å². The molecule has 0 atom stereocenters. The minimum absolute atomic E-state index is 0.0113. The highest BCUT2D eigenvalue weighted by atomic mass is 32.2. The van der Waals surface area contributed by atoms with E-state index in [0.29, 0.717) is 0 Å². The van der Waals surface area contributed by atoms with E-state index in [4.69, 9.17) is 14.7 Å². The predicted molar refractivity (Wildman–Crippen MR) is 122 cm³/mol. The van der Waals surface area contributed by atoms with Gasteiger partial charge in [0.15, 0.2) is 31.2 Å². The van der Waals surface area contributed by atoms with Gasteiger partial charge < -0.3 is 19.9 Å². The van der Waals surface area contributed by atoms with Gasteiger partial charge in [0.05, 0.1) is 27.0 Å². The lowest BCUT2D eigenvalue weighted by molar-refractivity contribution is 0.283. The molecule has 0 bridgehead atoms. The highest BCUT2D eigenvalue weighted by molar-refractivity contribution is 7.91. The molecule has 0 amide bonds. The van der Waals surface area contributed by atoms with Crippen molar-refractivity contribution in [3.63, 3.8) is 0 Å². The smallest absolute Gasteiger partial charge is 0.181 e. The molecule has 0 aliphatic carbocycles. The van der Waals surface area contributed by atoms with E-state index >= 15 is 0 Å². The summed E-state index contributed by atoms with van der Waals surface area (Å²) in [6, 6.07) is 19.5. The van der Waals surface area contributed by atoms with Gasteiger partial charge in [-0.25, -0.2) is 16.8 Å². The van der Waals surface area contributed by atoms with Crippen LogP contribution in [-0.2, 0) is 19.7 Å². The number of sulfone groups is 2. The van der Waals surface area contributed by atoms with Crippen molar-refractivity contribution in [1.82, 2.24) is 0 Å². The van der Waals surface area contributed by atoms with Crippen molar-refractivity contribution >= 4 is 25.4 Å². The Balaban J connectivity index is 1.68. The number of ether oxygens (including phenoxy) is 2. The summed E-state index contributed by atoms with van der Waals surface area (Å²) in [5.74, 6) is -0.568. The molecule has 176 valence electrons. The van der Waals surface area contributed by atoms with Crippen LogP contribution in [0, 0.1) is 5.21 Å². The molecule has 0 unspecified atom stereocenters. The Morgan fingerprint density at radius 1 is 0.697 bits per heavy atom. The summed E-state index contributed by atoms with van der Waals surface area (Å²) in [4.78, 5) is 0.305. The summed E-state index contributed by atoms with van der Waals surface area (Å²) in [6.07, 6.45) is 0. The molecule has 0 fully saturated rings. The lowest BCUT2D eigenvalue weighted by atomic mass is 10.3. The molecule has 1 N–H and O–H groups in total. The first kappa shape index (κ1) is 24.5. The fourth-order valence-electron chi connectivity index (χ4n) is 2.86. The lowest BCUT2D eigenvalue weighted by Crippen LogP contribution is -2.16. The minimum Gasteiger partial charge on any atom is -0.733 e. The van der Waals surface area contributed by atoms with Crippen LogP contribution in [-0.4, -0.2) is 46.8 Å². The van der Waals surface area contributed by atoms with Gasteiger partial charge >= 0.3 is 0 Å². The van der Waals surface area contributed by atoms with Gasteiger partial charge in [-0.15, -0.1) is 0 Å². The van der Waals surface area contributed by atoms with Gasteiger partial charge in [-0.1, -0.05) is 36.4 Å². The van der Waals surface area contributed by atoms with Crippen LogP contribution in [0.5, 0.6) is 11.5 Å². The van der Waals surface area contributed by atoms with Crippen LogP contribution >= 0.6 is 0 Å².